The topological polar surface area (TPSA) is 47.0 Å². The maximum Gasteiger partial charge on any atom is 0.234 e. The fourth-order valence-electron chi connectivity index (χ4n) is 1.17. The van der Waals surface area contributed by atoms with E-state index in [-0.39, 0.29) is 6.10 Å². The van der Waals surface area contributed by atoms with Crippen molar-refractivity contribution in [3.63, 3.8) is 0 Å². The molecule has 0 aliphatic heterocycles. The van der Waals surface area contributed by atoms with Gasteiger partial charge in [-0.3, -0.25) is 4.98 Å². The number of rotatable bonds is 7. The third-order valence-electron chi connectivity index (χ3n) is 1.84. The van der Waals surface area contributed by atoms with Crippen LogP contribution in [-0.2, 0) is 0 Å². The number of unbranched alkanes of at least 4 members (excludes halogenated alkanes) is 1. The Hall–Kier alpha value is -1.03. The summed E-state index contributed by atoms with van der Waals surface area (Å²) in [6, 6.07) is 0. The second-order valence-corrected chi connectivity index (χ2v) is 4.11. The molecule has 0 aromatic carbocycles. The van der Waals surface area contributed by atoms with Gasteiger partial charge in [-0.25, -0.2) is 0 Å². The van der Waals surface area contributed by atoms with E-state index >= 15 is 0 Å². The number of aromatic nitrogens is 2. The highest BCUT2D eigenvalue weighted by molar-refractivity contribution is 6.17. The molecule has 4 nitrogen and oxygen atoms in total. The molecule has 0 unspecified atom stereocenters. The van der Waals surface area contributed by atoms with E-state index in [1.54, 1.807) is 12.4 Å². The smallest absolute Gasteiger partial charge is 0.234 e. The van der Waals surface area contributed by atoms with Crippen molar-refractivity contribution in [1.82, 2.24) is 9.97 Å². The van der Waals surface area contributed by atoms with Gasteiger partial charge in [0.15, 0.2) is 0 Å². The van der Waals surface area contributed by atoms with Crippen molar-refractivity contribution in [3.05, 3.63) is 12.4 Å². The SMILES string of the molecule is CC(C)Oc1cncc(NCCCCCl)n1. The average molecular weight is 244 g/mol. The Bertz CT molecular complexity index is 307. The molecular formula is C11H18ClN3O. The molecule has 0 saturated heterocycles. The highest BCUT2D eigenvalue weighted by Crippen LogP contribution is 2.10. The molecule has 1 heterocycles. The van der Waals surface area contributed by atoms with E-state index in [9.17, 15) is 0 Å². The van der Waals surface area contributed by atoms with Gasteiger partial charge in [0.25, 0.3) is 0 Å². The molecule has 0 saturated carbocycles. The maximum atomic E-state index is 5.59. The van der Waals surface area contributed by atoms with Crippen molar-refractivity contribution in [3.8, 4) is 5.88 Å². The van der Waals surface area contributed by atoms with Crippen molar-refractivity contribution in [1.29, 1.82) is 0 Å². The van der Waals surface area contributed by atoms with Crippen molar-refractivity contribution in [2.75, 3.05) is 17.7 Å². The number of alkyl halides is 1. The molecular weight excluding hydrogens is 226 g/mol. The number of nitrogens with zero attached hydrogens (tertiary/aromatic N) is 2. The number of hydrogen-bond acceptors (Lipinski definition) is 4. The Morgan fingerprint density at radius 2 is 2.19 bits per heavy atom. The zero-order valence-electron chi connectivity index (χ0n) is 9.74. The largest absolute Gasteiger partial charge is 0.474 e. The lowest BCUT2D eigenvalue weighted by Gasteiger charge is -2.09. The Kier molecular flexibility index (Phi) is 5.93. The molecule has 0 atom stereocenters. The first-order valence-electron chi connectivity index (χ1n) is 5.51. The molecule has 0 spiro atoms. The van der Waals surface area contributed by atoms with Crippen LogP contribution >= 0.6 is 11.6 Å². The van der Waals surface area contributed by atoms with Crippen LogP contribution in [0, 0.1) is 0 Å². The molecule has 5 heteroatoms. The molecule has 0 fully saturated rings. The Morgan fingerprint density at radius 3 is 2.88 bits per heavy atom. The quantitative estimate of drug-likeness (QED) is 0.591. The normalized spacial score (nSPS) is 10.5. The molecule has 0 aliphatic rings. The van der Waals surface area contributed by atoms with Crippen molar-refractivity contribution in [2.45, 2.75) is 32.8 Å². The molecule has 1 aromatic rings. The van der Waals surface area contributed by atoms with E-state index in [0.717, 1.165) is 25.2 Å². The molecule has 0 aliphatic carbocycles. The first-order chi connectivity index (χ1) is 7.72. The van der Waals surface area contributed by atoms with E-state index < -0.39 is 0 Å². The first kappa shape index (κ1) is 13.0. The van der Waals surface area contributed by atoms with Crippen LogP contribution in [0.15, 0.2) is 12.4 Å². The highest BCUT2D eigenvalue weighted by atomic mass is 35.5. The minimum absolute atomic E-state index is 0.112. The minimum atomic E-state index is 0.112. The van der Waals surface area contributed by atoms with Crippen LogP contribution in [0.25, 0.3) is 0 Å². The third kappa shape index (κ3) is 5.16. The summed E-state index contributed by atoms with van der Waals surface area (Å²) in [6.45, 7) is 4.77. The van der Waals surface area contributed by atoms with Gasteiger partial charge >= 0.3 is 0 Å². The van der Waals surface area contributed by atoms with Crippen LogP contribution in [-0.4, -0.2) is 28.5 Å². The van der Waals surface area contributed by atoms with Crippen molar-refractivity contribution >= 4 is 17.4 Å². The fourth-order valence-corrected chi connectivity index (χ4v) is 1.36. The predicted octanol–water partition coefficient (Wildman–Crippen LogP) is 2.69. The summed E-state index contributed by atoms with van der Waals surface area (Å²) in [5.74, 6) is 1.99. The Labute approximate surface area is 101 Å². The molecule has 1 aromatic heterocycles. The van der Waals surface area contributed by atoms with Crippen LogP contribution in [0.3, 0.4) is 0 Å². The zero-order valence-corrected chi connectivity index (χ0v) is 10.5. The third-order valence-corrected chi connectivity index (χ3v) is 2.10. The summed E-state index contributed by atoms with van der Waals surface area (Å²) in [4.78, 5) is 8.34. The molecule has 0 radical (unpaired) electrons. The van der Waals surface area contributed by atoms with Gasteiger partial charge in [0.1, 0.15) is 5.82 Å². The first-order valence-corrected chi connectivity index (χ1v) is 6.04. The van der Waals surface area contributed by atoms with E-state index in [1.807, 2.05) is 13.8 Å². The number of hydrogen-bond donors (Lipinski definition) is 1. The van der Waals surface area contributed by atoms with E-state index in [2.05, 4.69) is 15.3 Å². The van der Waals surface area contributed by atoms with Gasteiger partial charge in [-0.2, -0.15) is 4.98 Å². The molecule has 90 valence electrons. The number of ether oxygens (including phenoxy) is 1. The molecule has 0 bridgehead atoms. The van der Waals surface area contributed by atoms with Crippen molar-refractivity contribution in [2.24, 2.45) is 0 Å². The average Bonchev–Trinajstić information content (AvgIpc) is 2.24. The number of anilines is 1. The summed E-state index contributed by atoms with van der Waals surface area (Å²) in [5.41, 5.74) is 0. The van der Waals surface area contributed by atoms with Gasteiger partial charge in [-0.1, -0.05) is 0 Å². The van der Waals surface area contributed by atoms with E-state index in [0.29, 0.717) is 11.8 Å². The summed E-state index contributed by atoms with van der Waals surface area (Å²) < 4.78 is 5.45. The standard InChI is InChI=1S/C11H18ClN3O/c1-9(2)16-11-8-13-7-10(15-11)14-6-4-3-5-12/h7-9H,3-6H2,1-2H3,(H,14,15). The minimum Gasteiger partial charge on any atom is -0.474 e. The lowest BCUT2D eigenvalue weighted by molar-refractivity contribution is 0.232. The second-order valence-electron chi connectivity index (χ2n) is 3.73. The summed E-state index contributed by atoms with van der Waals surface area (Å²) >= 11 is 5.59. The van der Waals surface area contributed by atoms with Crippen LogP contribution in [0.2, 0.25) is 0 Å². The fraction of sp³-hybridized carbons (Fsp3) is 0.636. The van der Waals surface area contributed by atoms with Gasteiger partial charge in [0.2, 0.25) is 5.88 Å². The van der Waals surface area contributed by atoms with Gasteiger partial charge in [-0.15, -0.1) is 11.6 Å². The van der Waals surface area contributed by atoms with Gasteiger partial charge < -0.3 is 10.1 Å². The highest BCUT2D eigenvalue weighted by Gasteiger charge is 2.01. The predicted molar refractivity (Wildman–Crippen MR) is 66.2 cm³/mol. The lowest BCUT2D eigenvalue weighted by Crippen LogP contribution is -2.09. The van der Waals surface area contributed by atoms with E-state index in [4.69, 9.17) is 16.3 Å². The summed E-state index contributed by atoms with van der Waals surface area (Å²) in [6.07, 6.45) is 5.45. The van der Waals surface area contributed by atoms with Gasteiger partial charge in [0, 0.05) is 12.4 Å². The molecule has 1 N–H and O–H groups in total. The number of halogens is 1. The summed E-state index contributed by atoms with van der Waals surface area (Å²) in [7, 11) is 0. The van der Waals surface area contributed by atoms with Gasteiger partial charge in [-0.05, 0) is 26.7 Å². The molecule has 0 amide bonds. The van der Waals surface area contributed by atoms with E-state index in [1.165, 1.54) is 0 Å². The Balaban J connectivity index is 2.41. The molecule has 16 heavy (non-hydrogen) atoms. The van der Waals surface area contributed by atoms with Crippen LogP contribution < -0.4 is 10.1 Å². The van der Waals surface area contributed by atoms with Crippen LogP contribution in [0.1, 0.15) is 26.7 Å². The maximum absolute atomic E-state index is 5.59. The second kappa shape index (κ2) is 7.28. The Morgan fingerprint density at radius 1 is 1.38 bits per heavy atom. The van der Waals surface area contributed by atoms with Crippen LogP contribution in [0.5, 0.6) is 5.88 Å². The number of nitrogens with one attached hydrogen (secondary N) is 1. The molecule has 1 rings (SSSR count). The summed E-state index contributed by atoms with van der Waals surface area (Å²) in [5, 5.41) is 3.18. The van der Waals surface area contributed by atoms with Crippen molar-refractivity contribution < 1.29 is 4.74 Å². The monoisotopic (exact) mass is 243 g/mol. The lowest BCUT2D eigenvalue weighted by atomic mass is 10.3. The zero-order chi connectivity index (χ0) is 11.8. The van der Waals surface area contributed by atoms with Crippen LogP contribution in [0.4, 0.5) is 5.82 Å². The van der Waals surface area contributed by atoms with Gasteiger partial charge in [0.05, 0.1) is 18.5 Å².